The number of carbonyl (C=O) groups excluding carboxylic acids is 2. The molecule has 39 heavy (non-hydrogen) atoms. The van der Waals surface area contributed by atoms with E-state index in [1.54, 1.807) is 66.7 Å². The van der Waals surface area contributed by atoms with Crippen molar-refractivity contribution in [2.24, 2.45) is 5.92 Å². The highest BCUT2D eigenvalue weighted by atomic mass is 35.5. The number of nitrogens with one attached hydrogen (secondary N) is 1. The molecule has 1 atom stereocenters. The summed E-state index contributed by atoms with van der Waals surface area (Å²) in [7, 11) is -4.10. The summed E-state index contributed by atoms with van der Waals surface area (Å²) >= 11 is 12.3. The van der Waals surface area contributed by atoms with Crippen LogP contribution < -0.4 is 9.62 Å². The maximum Gasteiger partial charge on any atom is 0.264 e. The number of hydrogen-bond acceptors (Lipinski definition) is 4. The van der Waals surface area contributed by atoms with Crippen molar-refractivity contribution < 1.29 is 18.0 Å². The second-order valence-corrected chi connectivity index (χ2v) is 12.2. The van der Waals surface area contributed by atoms with Crippen LogP contribution in [0.5, 0.6) is 0 Å². The molecule has 0 aliphatic rings. The van der Waals surface area contributed by atoms with Crippen LogP contribution in [0.2, 0.25) is 10.0 Å². The minimum absolute atomic E-state index is 0.0390. The lowest BCUT2D eigenvalue weighted by molar-refractivity contribution is -0.140. The summed E-state index contributed by atoms with van der Waals surface area (Å²) < 4.78 is 28.5. The van der Waals surface area contributed by atoms with Gasteiger partial charge in [0.1, 0.15) is 12.6 Å². The van der Waals surface area contributed by atoms with Gasteiger partial charge in [0.25, 0.3) is 10.0 Å². The maximum atomic E-state index is 14.0. The predicted octanol–water partition coefficient (Wildman–Crippen LogP) is 5.77. The molecule has 0 radical (unpaired) electrons. The predicted molar refractivity (Wildman–Crippen MR) is 156 cm³/mol. The zero-order chi connectivity index (χ0) is 28.6. The van der Waals surface area contributed by atoms with Gasteiger partial charge in [-0.1, -0.05) is 86.4 Å². The lowest BCUT2D eigenvalue weighted by Crippen LogP contribution is -2.52. The van der Waals surface area contributed by atoms with E-state index in [0.717, 1.165) is 4.31 Å². The Morgan fingerprint density at radius 2 is 1.51 bits per heavy atom. The van der Waals surface area contributed by atoms with Crippen LogP contribution in [-0.4, -0.2) is 44.3 Å². The molecule has 0 aliphatic heterocycles. The molecule has 7 nitrogen and oxygen atoms in total. The fraction of sp³-hybridized carbons (Fsp3) is 0.310. The van der Waals surface area contributed by atoms with Crippen LogP contribution in [0.15, 0.2) is 83.8 Å². The van der Waals surface area contributed by atoms with Gasteiger partial charge in [-0.2, -0.15) is 0 Å². The molecule has 2 amide bonds. The summed E-state index contributed by atoms with van der Waals surface area (Å²) in [5.74, 6) is -0.622. The first-order valence-corrected chi connectivity index (χ1v) is 14.9. The summed E-state index contributed by atoms with van der Waals surface area (Å²) in [6.07, 6.45) is 0.327. The third kappa shape index (κ3) is 7.97. The molecule has 0 aromatic heterocycles. The molecule has 10 heteroatoms. The monoisotopic (exact) mass is 589 g/mol. The van der Waals surface area contributed by atoms with Gasteiger partial charge >= 0.3 is 0 Å². The van der Waals surface area contributed by atoms with E-state index in [1.807, 2.05) is 20.8 Å². The van der Waals surface area contributed by atoms with E-state index in [9.17, 15) is 18.0 Å². The van der Waals surface area contributed by atoms with Gasteiger partial charge in [0.2, 0.25) is 11.8 Å². The number of hydrogen-bond donors (Lipinski definition) is 1. The van der Waals surface area contributed by atoms with Crippen molar-refractivity contribution in [2.75, 3.05) is 17.4 Å². The Morgan fingerprint density at radius 1 is 0.897 bits per heavy atom. The third-order valence-electron chi connectivity index (χ3n) is 6.06. The Balaban J connectivity index is 2.02. The van der Waals surface area contributed by atoms with E-state index < -0.39 is 28.5 Å². The smallest absolute Gasteiger partial charge is 0.264 e. The van der Waals surface area contributed by atoms with Gasteiger partial charge in [-0.05, 0) is 54.3 Å². The molecule has 0 heterocycles. The fourth-order valence-corrected chi connectivity index (χ4v) is 5.78. The molecule has 0 fully saturated rings. The number of nitrogens with zero attached hydrogens (tertiary/aromatic N) is 2. The maximum absolute atomic E-state index is 14.0. The average molecular weight is 591 g/mol. The largest absolute Gasteiger partial charge is 0.354 e. The number of para-hydroxylation sites is 1. The van der Waals surface area contributed by atoms with Crippen LogP contribution in [0.3, 0.4) is 0 Å². The number of anilines is 1. The Labute approximate surface area is 240 Å². The molecule has 3 rings (SSSR count). The van der Waals surface area contributed by atoms with Crippen molar-refractivity contribution in [3.63, 3.8) is 0 Å². The van der Waals surface area contributed by atoms with Crippen LogP contribution in [0.4, 0.5) is 5.69 Å². The Kier molecular flexibility index (Phi) is 10.8. The quantitative estimate of drug-likeness (QED) is 0.290. The lowest BCUT2D eigenvalue weighted by atomic mass is 10.1. The molecular formula is C29H33Cl2N3O4S. The van der Waals surface area contributed by atoms with E-state index in [-0.39, 0.29) is 23.3 Å². The van der Waals surface area contributed by atoms with Gasteiger partial charge in [-0.3, -0.25) is 13.9 Å². The average Bonchev–Trinajstić information content (AvgIpc) is 2.93. The number of rotatable bonds is 12. The summed E-state index contributed by atoms with van der Waals surface area (Å²) in [5.41, 5.74) is 0.992. The van der Waals surface area contributed by atoms with E-state index in [2.05, 4.69) is 5.32 Å². The van der Waals surface area contributed by atoms with E-state index >= 15 is 0 Å². The number of amides is 2. The molecule has 0 saturated heterocycles. The van der Waals surface area contributed by atoms with Gasteiger partial charge in [-0.25, -0.2) is 8.42 Å². The topological polar surface area (TPSA) is 86.8 Å². The minimum Gasteiger partial charge on any atom is -0.354 e. The molecule has 208 valence electrons. The molecule has 3 aromatic carbocycles. The molecule has 1 unspecified atom stereocenters. The van der Waals surface area contributed by atoms with Crippen LogP contribution >= 0.6 is 23.2 Å². The van der Waals surface area contributed by atoms with E-state index in [1.165, 1.54) is 17.0 Å². The van der Waals surface area contributed by atoms with Crippen molar-refractivity contribution in [2.45, 2.75) is 44.7 Å². The summed E-state index contributed by atoms with van der Waals surface area (Å²) in [6, 6.07) is 20.5. The van der Waals surface area contributed by atoms with Crippen molar-refractivity contribution in [1.29, 1.82) is 0 Å². The number of halogens is 2. The Morgan fingerprint density at radius 3 is 2.08 bits per heavy atom. The first-order valence-electron chi connectivity index (χ1n) is 12.7. The molecule has 0 spiro atoms. The van der Waals surface area contributed by atoms with Gasteiger partial charge in [0.05, 0.1) is 20.6 Å². The van der Waals surface area contributed by atoms with Crippen molar-refractivity contribution in [1.82, 2.24) is 10.2 Å². The molecular weight excluding hydrogens is 557 g/mol. The summed E-state index contributed by atoms with van der Waals surface area (Å²) in [5, 5.41) is 3.59. The van der Waals surface area contributed by atoms with Crippen LogP contribution in [0, 0.1) is 5.92 Å². The van der Waals surface area contributed by atoms with E-state index in [4.69, 9.17) is 23.2 Å². The van der Waals surface area contributed by atoms with Crippen LogP contribution in [0.25, 0.3) is 0 Å². The fourth-order valence-electron chi connectivity index (χ4n) is 4.02. The van der Waals surface area contributed by atoms with Crippen LogP contribution in [0.1, 0.15) is 32.8 Å². The molecule has 0 saturated carbocycles. The highest BCUT2D eigenvalue weighted by molar-refractivity contribution is 7.92. The Hall–Kier alpha value is -3.07. The third-order valence-corrected chi connectivity index (χ3v) is 8.59. The first-order chi connectivity index (χ1) is 18.5. The van der Waals surface area contributed by atoms with Gasteiger partial charge in [0, 0.05) is 13.1 Å². The summed E-state index contributed by atoms with van der Waals surface area (Å²) in [4.78, 5) is 28.7. The molecule has 1 N–H and O–H groups in total. The van der Waals surface area contributed by atoms with E-state index in [0.29, 0.717) is 34.3 Å². The SMILES string of the molecule is CCC(C(=O)NCC(C)C)N(Cc1ccc(Cl)c(Cl)c1)C(=O)CN(c1ccccc1)S(=O)(=O)c1ccccc1. The molecule has 3 aromatic rings. The van der Waals surface area contributed by atoms with Crippen molar-refractivity contribution in [3.8, 4) is 0 Å². The molecule has 0 bridgehead atoms. The number of sulfonamides is 1. The second kappa shape index (κ2) is 13.8. The highest BCUT2D eigenvalue weighted by Gasteiger charge is 2.33. The second-order valence-electron chi connectivity index (χ2n) is 9.49. The highest BCUT2D eigenvalue weighted by Crippen LogP contribution is 2.26. The number of carbonyl (C=O) groups is 2. The zero-order valence-corrected chi connectivity index (χ0v) is 24.5. The van der Waals surface area contributed by atoms with Gasteiger partial charge in [0.15, 0.2) is 0 Å². The lowest BCUT2D eigenvalue weighted by Gasteiger charge is -2.33. The van der Waals surface area contributed by atoms with Crippen LogP contribution in [-0.2, 0) is 26.2 Å². The first kappa shape index (κ1) is 30.5. The van der Waals surface area contributed by atoms with Gasteiger partial charge < -0.3 is 10.2 Å². The number of benzene rings is 3. The molecule has 0 aliphatic carbocycles. The standard InChI is InChI=1S/C29H33Cl2N3O4S/c1-4-27(29(36)32-18-21(2)3)33(19-22-15-16-25(30)26(31)17-22)28(35)20-34(23-11-7-5-8-12-23)39(37,38)24-13-9-6-10-14-24/h5-17,21,27H,4,18-20H2,1-3H3,(H,32,36). The Bertz CT molecular complexity index is 1370. The summed E-state index contributed by atoms with van der Waals surface area (Å²) in [6.45, 7) is 5.75. The minimum atomic E-state index is -4.10. The normalized spacial score (nSPS) is 12.2. The van der Waals surface area contributed by atoms with Crippen molar-refractivity contribution in [3.05, 3.63) is 94.5 Å². The zero-order valence-electron chi connectivity index (χ0n) is 22.2. The van der Waals surface area contributed by atoms with Gasteiger partial charge in [-0.15, -0.1) is 0 Å². The van der Waals surface area contributed by atoms with Crippen molar-refractivity contribution >= 4 is 50.7 Å².